The van der Waals surface area contributed by atoms with E-state index in [0.717, 1.165) is 0 Å². The van der Waals surface area contributed by atoms with Crippen molar-refractivity contribution in [3.63, 3.8) is 0 Å². The normalized spacial score (nSPS) is 7.50. The molecule has 72 valence electrons. The lowest BCUT2D eigenvalue weighted by Crippen LogP contribution is -1.72. The van der Waals surface area contributed by atoms with Crippen LogP contribution in [0.5, 0.6) is 0 Å². The van der Waals surface area contributed by atoms with E-state index in [4.69, 9.17) is 0 Å². The standard InChI is InChI=1S/C7H10S.2C2H6/c1-3-7-6(2)4-5-8-7;2*1-2/h4-5H,3H2,1-2H3;2*1-2H3. The van der Waals surface area contributed by atoms with Gasteiger partial charge in [-0.25, -0.2) is 0 Å². The van der Waals surface area contributed by atoms with Gasteiger partial charge in [-0.15, -0.1) is 11.3 Å². The van der Waals surface area contributed by atoms with Crippen LogP contribution in [0.25, 0.3) is 0 Å². The molecular formula is C11H22S. The molecule has 0 spiro atoms. The van der Waals surface area contributed by atoms with Gasteiger partial charge in [-0.05, 0) is 30.4 Å². The molecule has 0 radical (unpaired) electrons. The van der Waals surface area contributed by atoms with Crippen LogP contribution in [0, 0.1) is 6.92 Å². The van der Waals surface area contributed by atoms with Gasteiger partial charge in [0, 0.05) is 4.88 Å². The number of hydrogen-bond acceptors (Lipinski definition) is 1. The molecule has 0 saturated heterocycles. The van der Waals surface area contributed by atoms with Crippen LogP contribution in [0.15, 0.2) is 11.4 Å². The number of aryl methyl sites for hydroxylation is 2. The fourth-order valence-electron chi connectivity index (χ4n) is 0.766. The van der Waals surface area contributed by atoms with Gasteiger partial charge >= 0.3 is 0 Å². The lowest BCUT2D eigenvalue weighted by molar-refractivity contribution is 1.16. The van der Waals surface area contributed by atoms with E-state index in [0.29, 0.717) is 0 Å². The van der Waals surface area contributed by atoms with E-state index >= 15 is 0 Å². The zero-order valence-electron chi connectivity index (χ0n) is 9.27. The van der Waals surface area contributed by atoms with Gasteiger partial charge in [0.1, 0.15) is 0 Å². The maximum Gasteiger partial charge on any atom is 0.00716 e. The maximum atomic E-state index is 2.19. The second-order valence-corrected chi connectivity index (χ2v) is 2.88. The van der Waals surface area contributed by atoms with E-state index < -0.39 is 0 Å². The van der Waals surface area contributed by atoms with Gasteiger partial charge < -0.3 is 0 Å². The van der Waals surface area contributed by atoms with E-state index in [-0.39, 0.29) is 0 Å². The molecule has 0 atom stereocenters. The third kappa shape index (κ3) is 5.36. The van der Waals surface area contributed by atoms with Crippen molar-refractivity contribution >= 4 is 11.3 Å². The lowest BCUT2D eigenvalue weighted by atomic mass is 10.2. The average Bonchev–Trinajstić information content (AvgIpc) is 2.58. The third-order valence-corrected chi connectivity index (χ3v) is 2.46. The summed E-state index contributed by atoms with van der Waals surface area (Å²) in [5.74, 6) is 0. The van der Waals surface area contributed by atoms with Gasteiger partial charge in [0.25, 0.3) is 0 Å². The van der Waals surface area contributed by atoms with E-state index in [1.54, 1.807) is 0 Å². The largest absolute Gasteiger partial charge is 0.149 e. The second kappa shape index (κ2) is 10.7. The van der Waals surface area contributed by atoms with Crippen molar-refractivity contribution < 1.29 is 0 Å². The highest BCUT2D eigenvalue weighted by Crippen LogP contribution is 2.14. The van der Waals surface area contributed by atoms with Gasteiger partial charge in [0.15, 0.2) is 0 Å². The van der Waals surface area contributed by atoms with E-state index in [1.165, 1.54) is 16.9 Å². The molecule has 0 aromatic carbocycles. The Balaban J connectivity index is 0. The summed E-state index contributed by atoms with van der Waals surface area (Å²) >= 11 is 1.85. The molecule has 0 bridgehead atoms. The fraction of sp³-hybridized carbons (Fsp3) is 0.636. The van der Waals surface area contributed by atoms with Crippen LogP contribution < -0.4 is 0 Å². The topological polar surface area (TPSA) is 0 Å². The molecule has 1 heterocycles. The summed E-state index contributed by atoms with van der Waals surface area (Å²) in [6, 6.07) is 2.17. The fourth-order valence-corrected chi connectivity index (χ4v) is 1.62. The minimum absolute atomic E-state index is 1.18. The highest BCUT2D eigenvalue weighted by atomic mass is 32.1. The summed E-state index contributed by atoms with van der Waals surface area (Å²) in [6.07, 6.45) is 1.18. The zero-order valence-corrected chi connectivity index (χ0v) is 10.1. The summed E-state index contributed by atoms with van der Waals surface area (Å²) in [6.45, 7) is 12.4. The van der Waals surface area contributed by atoms with Crippen molar-refractivity contribution in [1.82, 2.24) is 0 Å². The Labute approximate surface area is 81.6 Å². The Bertz CT molecular complexity index is 165. The monoisotopic (exact) mass is 186 g/mol. The summed E-state index contributed by atoms with van der Waals surface area (Å²) in [4.78, 5) is 1.52. The van der Waals surface area contributed by atoms with E-state index in [9.17, 15) is 0 Å². The van der Waals surface area contributed by atoms with Crippen LogP contribution in [0.3, 0.4) is 0 Å². The van der Waals surface area contributed by atoms with Gasteiger partial charge in [-0.1, -0.05) is 34.6 Å². The third-order valence-electron chi connectivity index (χ3n) is 1.29. The van der Waals surface area contributed by atoms with Crippen LogP contribution in [0.4, 0.5) is 0 Å². The Morgan fingerprint density at radius 3 is 1.83 bits per heavy atom. The van der Waals surface area contributed by atoms with Crippen molar-refractivity contribution in [2.45, 2.75) is 48.0 Å². The van der Waals surface area contributed by atoms with Gasteiger partial charge in [-0.3, -0.25) is 0 Å². The maximum absolute atomic E-state index is 2.19. The molecule has 0 nitrogen and oxygen atoms in total. The SMILES string of the molecule is CC.CC.CCc1sccc1C. The molecule has 0 amide bonds. The Hall–Kier alpha value is -0.300. The van der Waals surface area contributed by atoms with Crippen molar-refractivity contribution in [3.05, 3.63) is 21.9 Å². The molecule has 12 heavy (non-hydrogen) atoms. The van der Waals surface area contributed by atoms with Crippen LogP contribution in [0.2, 0.25) is 0 Å². The molecule has 0 aliphatic carbocycles. The van der Waals surface area contributed by atoms with Crippen LogP contribution >= 0.6 is 11.3 Å². The van der Waals surface area contributed by atoms with Crippen LogP contribution in [0.1, 0.15) is 45.1 Å². The molecule has 0 saturated carbocycles. The minimum atomic E-state index is 1.18. The predicted molar refractivity (Wildman–Crippen MR) is 61.1 cm³/mol. The highest BCUT2D eigenvalue weighted by Gasteiger charge is 1.92. The first-order chi connectivity index (χ1) is 5.84. The summed E-state index contributed by atoms with van der Waals surface area (Å²) in [5.41, 5.74) is 1.44. The first-order valence-electron chi connectivity index (χ1n) is 4.87. The lowest BCUT2D eigenvalue weighted by Gasteiger charge is -1.87. The molecule has 0 aliphatic rings. The van der Waals surface area contributed by atoms with E-state index in [2.05, 4.69) is 25.3 Å². The smallest absolute Gasteiger partial charge is 0.00716 e. The van der Waals surface area contributed by atoms with Crippen molar-refractivity contribution in [1.29, 1.82) is 0 Å². The number of rotatable bonds is 1. The Kier molecular flexibility index (Phi) is 12.7. The van der Waals surface area contributed by atoms with Crippen molar-refractivity contribution in [3.8, 4) is 0 Å². The molecule has 1 rings (SSSR count). The first-order valence-corrected chi connectivity index (χ1v) is 5.75. The molecular weight excluding hydrogens is 164 g/mol. The summed E-state index contributed by atoms with van der Waals surface area (Å²) in [5, 5.41) is 2.15. The molecule has 0 unspecified atom stereocenters. The molecule has 0 aliphatic heterocycles. The molecule has 1 aromatic rings. The van der Waals surface area contributed by atoms with Crippen LogP contribution in [-0.4, -0.2) is 0 Å². The minimum Gasteiger partial charge on any atom is -0.149 e. The molecule has 1 heteroatoms. The van der Waals surface area contributed by atoms with Crippen LogP contribution in [-0.2, 0) is 6.42 Å². The summed E-state index contributed by atoms with van der Waals surface area (Å²) < 4.78 is 0. The Morgan fingerprint density at radius 1 is 1.17 bits per heavy atom. The number of thiophene rings is 1. The quantitative estimate of drug-likeness (QED) is 0.598. The van der Waals surface area contributed by atoms with Gasteiger partial charge in [0.2, 0.25) is 0 Å². The highest BCUT2D eigenvalue weighted by molar-refractivity contribution is 7.10. The molecule has 0 fully saturated rings. The number of hydrogen-bond donors (Lipinski definition) is 0. The Morgan fingerprint density at radius 2 is 1.67 bits per heavy atom. The van der Waals surface area contributed by atoms with Crippen molar-refractivity contribution in [2.24, 2.45) is 0 Å². The zero-order chi connectivity index (χ0) is 9.98. The van der Waals surface area contributed by atoms with Gasteiger partial charge in [0.05, 0.1) is 0 Å². The second-order valence-electron chi connectivity index (χ2n) is 1.88. The molecule has 0 N–H and O–H groups in total. The molecule has 1 aromatic heterocycles. The van der Waals surface area contributed by atoms with E-state index in [1.807, 2.05) is 39.0 Å². The first kappa shape index (κ1) is 14.2. The average molecular weight is 186 g/mol. The van der Waals surface area contributed by atoms with Crippen molar-refractivity contribution in [2.75, 3.05) is 0 Å². The van der Waals surface area contributed by atoms with Gasteiger partial charge in [-0.2, -0.15) is 0 Å². The predicted octanol–water partition coefficient (Wildman–Crippen LogP) is 4.67. The summed E-state index contributed by atoms with van der Waals surface area (Å²) in [7, 11) is 0.